The molecule has 7 heteroatoms. The molecule has 0 atom stereocenters. The number of sulfonamides is 1. The number of ether oxygens (including phenoxy) is 1. The number of benzene rings is 2. The number of hydrogen-bond donors (Lipinski definition) is 1. The molecule has 0 spiro atoms. The molecule has 29 heavy (non-hydrogen) atoms. The van der Waals surface area contributed by atoms with E-state index in [1.807, 2.05) is 32.9 Å². The summed E-state index contributed by atoms with van der Waals surface area (Å²) in [7, 11) is -3.60. The van der Waals surface area contributed by atoms with Crippen molar-refractivity contribution in [3.63, 3.8) is 0 Å². The summed E-state index contributed by atoms with van der Waals surface area (Å²) in [6, 6.07) is 10.2. The number of rotatable bonds is 6. The highest BCUT2D eigenvalue weighted by atomic mass is 32.2. The van der Waals surface area contributed by atoms with Gasteiger partial charge in [-0.25, -0.2) is 8.42 Å². The number of hydrogen-bond acceptors (Lipinski definition) is 4. The maximum Gasteiger partial charge on any atom is 0.256 e. The fraction of sp³-hybridized carbons (Fsp3) is 0.409. The molecule has 1 aliphatic heterocycles. The van der Waals surface area contributed by atoms with Crippen molar-refractivity contribution in [3.05, 3.63) is 53.1 Å². The van der Waals surface area contributed by atoms with E-state index in [4.69, 9.17) is 4.74 Å². The van der Waals surface area contributed by atoms with Gasteiger partial charge in [-0.2, -0.15) is 4.31 Å². The van der Waals surface area contributed by atoms with Crippen molar-refractivity contribution in [1.29, 1.82) is 0 Å². The molecule has 2 aromatic carbocycles. The third-order valence-electron chi connectivity index (χ3n) is 5.08. The van der Waals surface area contributed by atoms with Crippen LogP contribution in [0.15, 0.2) is 41.3 Å². The number of carbonyl (C=O) groups excluding carboxylic acids is 1. The summed E-state index contributed by atoms with van der Waals surface area (Å²) in [4.78, 5) is 13.0. The second kappa shape index (κ2) is 8.97. The molecule has 2 aromatic rings. The smallest absolute Gasteiger partial charge is 0.256 e. The molecule has 1 aliphatic rings. The van der Waals surface area contributed by atoms with Crippen molar-refractivity contribution in [2.75, 3.05) is 25.0 Å². The third-order valence-corrected chi connectivity index (χ3v) is 6.97. The minimum absolute atomic E-state index is 0.166. The first-order valence-corrected chi connectivity index (χ1v) is 11.4. The highest BCUT2D eigenvalue weighted by molar-refractivity contribution is 7.89. The van der Waals surface area contributed by atoms with Crippen molar-refractivity contribution in [1.82, 2.24) is 4.31 Å². The summed E-state index contributed by atoms with van der Waals surface area (Å²) < 4.78 is 33.2. The number of nitrogens with one attached hydrogen (secondary N) is 1. The zero-order valence-corrected chi connectivity index (χ0v) is 18.0. The highest BCUT2D eigenvalue weighted by Crippen LogP contribution is 2.31. The summed E-state index contributed by atoms with van der Waals surface area (Å²) in [6.45, 7) is 7.15. The van der Waals surface area contributed by atoms with Crippen LogP contribution in [0.2, 0.25) is 0 Å². The van der Waals surface area contributed by atoms with Crippen LogP contribution in [0.1, 0.15) is 47.7 Å². The van der Waals surface area contributed by atoms with Gasteiger partial charge in [-0.1, -0.05) is 24.1 Å². The Labute approximate surface area is 172 Å². The quantitative estimate of drug-likeness (QED) is 0.768. The topological polar surface area (TPSA) is 75.7 Å². The third kappa shape index (κ3) is 4.79. The lowest BCUT2D eigenvalue weighted by molar-refractivity contribution is 0.102. The SMILES string of the molecule is CCOc1ccc(S(=O)(=O)N2CCCCC2)cc1NC(=O)c1ccc(C)cc1C. The Morgan fingerprint density at radius 2 is 1.79 bits per heavy atom. The summed E-state index contributed by atoms with van der Waals surface area (Å²) in [5.74, 6) is 0.152. The lowest BCUT2D eigenvalue weighted by atomic mass is 10.1. The maximum atomic E-state index is 13.0. The summed E-state index contributed by atoms with van der Waals surface area (Å²) in [5, 5.41) is 2.84. The number of nitrogens with zero attached hydrogens (tertiary/aromatic N) is 1. The van der Waals surface area contributed by atoms with E-state index in [1.165, 1.54) is 10.4 Å². The van der Waals surface area contributed by atoms with Gasteiger partial charge in [0.1, 0.15) is 5.75 Å². The average Bonchev–Trinajstić information content (AvgIpc) is 2.70. The Morgan fingerprint density at radius 3 is 2.45 bits per heavy atom. The first kappa shape index (κ1) is 21.3. The van der Waals surface area contributed by atoms with Crippen LogP contribution in [0.5, 0.6) is 5.75 Å². The van der Waals surface area contributed by atoms with Gasteiger partial charge in [0.25, 0.3) is 5.91 Å². The van der Waals surface area contributed by atoms with E-state index in [1.54, 1.807) is 18.2 Å². The van der Waals surface area contributed by atoms with E-state index in [-0.39, 0.29) is 10.8 Å². The molecule has 156 valence electrons. The van der Waals surface area contributed by atoms with Crippen LogP contribution in [0.3, 0.4) is 0 Å². The van der Waals surface area contributed by atoms with E-state index in [2.05, 4.69) is 5.32 Å². The number of anilines is 1. The Morgan fingerprint density at radius 1 is 1.07 bits per heavy atom. The fourth-order valence-electron chi connectivity index (χ4n) is 3.56. The molecule has 0 unspecified atom stereocenters. The van der Waals surface area contributed by atoms with Gasteiger partial charge < -0.3 is 10.1 Å². The summed E-state index contributed by atoms with van der Waals surface area (Å²) >= 11 is 0. The highest BCUT2D eigenvalue weighted by Gasteiger charge is 2.27. The zero-order valence-electron chi connectivity index (χ0n) is 17.2. The molecular weight excluding hydrogens is 388 g/mol. The lowest BCUT2D eigenvalue weighted by Crippen LogP contribution is -2.35. The molecule has 0 bridgehead atoms. The van der Waals surface area contributed by atoms with Crippen molar-refractivity contribution >= 4 is 21.6 Å². The van der Waals surface area contributed by atoms with Crippen LogP contribution >= 0.6 is 0 Å². The van der Waals surface area contributed by atoms with Crippen LogP contribution in [-0.4, -0.2) is 38.3 Å². The number of amides is 1. The maximum absolute atomic E-state index is 13.0. The van der Waals surface area contributed by atoms with Crippen LogP contribution in [-0.2, 0) is 10.0 Å². The van der Waals surface area contributed by atoms with E-state index in [0.717, 1.165) is 30.4 Å². The average molecular weight is 417 g/mol. The number of carbonyl (C=O) groups is 1. The molecule has 0 aliphatic carbocycles. The first-order chi connectivity index (χ1) is 13.8. The monoisotopic (exact) mass is 416 g/mol. The van der Waals surface area contributed by atoms with Crippen molar-refractivity contribution in [3.8, 4) is 5.75 Å². The van der Waals surface area contributed by atoms with Gasteiger partial charge in [0.2, 0.25) is 10.0 Å². The van der Waals surface area contributed by atoms with Gasteiger partial charge in [-0.05, 0) is 63.4 Å². The normalized spacial score (nSPS) is 15.1. The molecule has 3 rings (SSSR count). The molecule has 1 saturated heterocycles. The van der Waals surface area contributed by atoms with Gasteiger partial charge in [-0.3, -0.25) is 4.79 Å². The molecule has 1 N–H and O–H groups in total. The summed E-state index contributed by atoms with van der Waals surface area (Å²) in [6.07, 6.45) is 2.78. The molecule has 0 saturated carbocycles. The minimum Gasteiger partial charge on any atom is -0.492 e. The van der Waals surface area contributed by atoms with E-state index < -0.39 is 10.0 Å². The Balaban J connectivity index is 1.93. The van der Waals surface area contributed by atoms with E-state index in [0.29, 0.717) is 36.7 Å². The first-order valence-electron chi connectivity index (χ1n) is 9.98. The zero-order chi connectivity index (χ0) is 21.0. The molecule has 0 radical (unpaired) electrons. The fourth-order valence-corrected chi connectivity index (χ4v) is 5.10. The van der Waals surface area contributed by atoms with Gasteiger partial charge in [0, 0.05) is 18.7 Å². The molecular formula is C22H28N2O4S. The number of piperidine rings is 1. The van der Waals surface area contributed by atoms with Gasteiger partial charge in [0.15, 0.2) is 0 Å². The van der Waals surface area contributed by atoms with Crippen LogP contribution in [0.4, 0.5) is 5.69 Å². The molecule has 6 nitrogen and oxygen atoms in total. The Hall–Kier alpha value is -2.38. The molecule has 1 amide bonds. The molecule has 1 fully saturated rings. The van der Waals surface area contributed by atoms with Crippen molar-refractivity contribution < 1.29 is 17.9 Å². The molecule has 1 heterocycles. The second-order valence-electron chi connectivity index (χ2n) is 7.33. The van der Waals surface area contributed by atoms with Crippen LogP contribution < -0.4 is 10.1 Å². The lowest BCUT2D eigenvalue weighted by Gasteiger charge is -2.26. The van der Waals surface area contributed by atoms with Gasteiger partial charge in [0.05, 0.1) is 17.2 Å². The van der Waals surface area contributed by atoms with Gasteiger partial charge >= 0.3 is 0 Å². The van der Waals surface area contributed by atoms with Crippen LogP contribution in [0.25, 0.3) is 0 Å². The molecule has 0 aromatic heterocycles. The van der Waals surface area contributed by atoms with Crippen LogP contribution in [0, 0.1) is 13.8 Å². The van der Waals surface area contributed by atoms with E-state index >= 15 is 0 Å². The van der Waals surface area contributed by atoms with Crippen molar-refractivity contribution in [2.24, 2.45) is 0 Å². The number of aryl methyl sites for hydroxylation is 2. The van der Waals surface area contributed by atoms with Gasteiger partial charge in [-0.15, -0.1) is 0 Å². The standard InChI is InChI=1S/C22H28N2O4S/c1-4-28-21-11-9-18(29(26,27)24-12-6-5-7-13-24)15-20(21)23-22(25)19-10-8-16(2)14-17(19)3/h8-11,14-15H,4-7,12-13H2,1-3H3,(H,23,25). The largest absolute Gasteiger partial charge is 0.492 e. The van der Waals surface area contributed by atoms with E-state index in [9.17, 15) is 13.2 Å². The Kier molecular flexibility index (Phi) is 6.59. The van der Waals surface area contributed by atoms with Crippen molar-refractivity contribution in [2.45, 2.75) is 44.9 Å². The second-order valence-corrected chi connectivity index (χ2v) is 9.27. The Bertz CT molecular complexity index is 996. The minimum atomic E-state index is -3.60. The summed E-state index contributed by atoms with van der Waals surface area (Å²) in [5.41, 5.74) is 2.83. The predicted molar refractivity (Wildman–Crippen MR) is 114 cm³/mol. The predicted octanol–water partition coefficient (Wildman–Crippen LogP) is 4.13.